The number of esters is 1. The fraction of sp³-hybridized carbons (Fsp3) is 0.286. The van der Waals surface area contributed by atoms with E-state index in [1.54, 1.807) is 0 Å². The van der Waals surface area contributed by atoms with Crippen LogP contribution in [0.1, 0.15) is 18.5 Å². The topological polar surface area (TPSA) is 81.9 Å². The van der Waals surface area contributed by atoms with Crippen molar-refractivity contribution in [2.24, 2.45) is 0 Å². The molecule has 2 aromatic rings. The lowest BCUT2D eigenvalue weighted by Crippen LogP contribution is -2.35. The molecule has 1 aromatic heterocycles. The summed E-state index contributed by atoms with van der Waals surface area (Å²) in [6.45, 7) is 1.37. The zero-order valence-electron chi connectivity index (χ0n) is 13.0. The number of carbonyl (C=O) groups is 1. The van der Waals surface area contributed by atoms with E-state index in [-0.39, 0.29) is 28.2 Å². The Kier molecular flexibility index (Phi) is 4.80. The van der Waals surface area contributed by atoms with Gasteiger partial charge in [0.15, 0.2) is 0 Å². The molecular formula is C14H10Cl2F3N5O2. The average Bonchev–Trinajstić information content (AvgIpc) is 3.01. The Morgan fingerprint density at radius 1 is 1.38 bits per heavy atom. The highest BCUT2D eigenvalue weighted by atomic mass is 35.5. The number of benzene rings is 1. The SMILES string of the molecule is CCOC(=O)C1=C(C(F)(F)F)Nc2nnnn2C1c1ccc(Cl)cc1Cl. The van der Waals surface area contributed by atoms with Gasteiger partial charge in [-0.15, -0.1) is 0 Å². The lowest BCUT2D eigenvalue weighted by molar-refractivity contribution is -0.140. The van der Waals surface area contributed by atoms with E-state index >= 15 is 0 Å². The number of nitrogens with one attached hydrogen (secondary N) is 1. The zero-order chi connectivity index (χ0) is 19.1. The molecule has 0 saturated carbocycles. The highest BCUT2D eigenvalue weighted by Crippen LogP contribution is 2.42. The summed E-state index contributed by atoms with van der Waals surface area (Å²) in [6.07, 6.45) is -4.88. The standard InChI is InChI=1S/C14H10Cl2F3N5O2/c1-2-26-12(25)9-10(7-4-3-6(15)5-8(7)16)24-13(21-22-23-24)20-11(9)14(17,18)19/h3-5,10H,2H2,1H3,(H,20,21,23). The van der Waals surface area contributed by atoms with Gasteiger partial charge in [-0.1, -0.05) is 34.4 Å². The first kappa shape index (κ1) is 18.5. The minimum atomic E-state index is -4.88. The number of hydrogen-bond donors (Lipinski definition) is 1. The molecule has 1 N–H and O–H groups in total. The lowest BCUT2D eigenvalue weighted by Gasteiger charge is -2.29. The molecule has 1 aromatic carbocycles. The van der Waals surface area contributed by atoms with Crippen LogP contribution in [0.25, 0.3) is 0 Å². The normalized spacial score (nSPS) is 16.9. The highest BCUT2D eigenvalue weighted by molar-refractivity contribution is 6.35. The van der Waals surface area contributed by atoms with Gasteiger partial charge in [-0.2, -0.15) is 17.9 Å². The Hall–Kier alpha value is -2.33. The third-order valence-electron chi connectivity index (χ3n) is 3.55. The number of carbonyl (C=O) groups excluding carboxylic acids is 1. The number of alkyl halides is 3. The Labute approximate surface area is 154 Å². The van der Waals surface area contributed by atoms with Crippen molar-refractivity contribution in [3.05, 3.63) is 45.1 Å². The number of ether oxygens (including phenoxy) is 1. The Morgan fingerprint density at radius 2 is 2.12 bits per heavy atom. The maximum atomic E-state index is 13.6. The van der Waals surface area contributed by atoms with Crippen LogP contribution in [0.5, 0.6) is 0 Å². The highest BCUT2D eigenvalue weighted by Gasteiger charge is 2.47. The number of halogens is 5. The molecule has 1 aliphatic rings. The molecule has 7 nitrogen and oxygen atoms in total. The van der Waals surface area contributed by atoms with Crippen LogP contribution in [-0.4, -0.2) is 39.0 Å². The van der Waals surface area contributed by atoms with E-state index in [1.165, 1.54) is 25.1 Å². The second-order valence-electron chi connectivity index (χ2n) is 5.15. The number of rotatable bonds is 3. The second kappa shape index (κ2) is 6.76. The second-order valence-corrected chi connectivity index (χ2v) is 5.99. The average molecular weight is 408 g/mol. The van der Waals surface area contributed by atoms with Gasteiger partial charge in [0.05, 0.1) is 12.2 Å². The zero-order valence-corrected chi connectivity index (χ0v) is 14.5. The van der Waals surface area contributed by atoms with Gasteiger partial charge < -0.3 is 10.1 Å². The molecule has 0 saturated heterocycles. The molecule has 0 amide bonds. The van der Waals surface area contributed by atoms with Crippen LogP contribution >= 0.6 is 23.2 Å². The monoisotopic (exact) mass is 407 g/mol. The first-order chi connectivity index (χ1) is 12.2. The first-order valence-corrected chi connectivity index (χ1v) is 7.98. The quantitative estimate of drug-likeness (QED) is 0.785. The van der Waals surface area contributed by atoms with Crippen LogP contribution in [0.2, 0.25) is 10.0 Å². The molecule has 2 heterocycles. The van der Waals surface area contributed by atoms with Gasteiger partial charge in [0.25, 0.3) is 0 Å². The molecule has 0 bridgehead atoms. The van der Waals surface area contributed by atoms with Gasteiger partial charge in [0.2, 0.25) is 5.95 Å². The smallest absolute Gasteiger partial charge is 0.431 e. The van der Waals surface area contributed by atoms with E-state index in [4.69, 9.17) is 27.9 Å². The lowest BCUT2D eigenvalue weighted by atomic mass is 9.95. The molecule has 138 valence electrons. The summed E-state index contributed by atoms with van der Waals surface area (Å²) in [5, 5.41) is 12.9. The third-order valence-corrected chi connectivity index (χ3v) is 4.12. The van der Waals surface area contributed by atoms with Crippen molar-refractivity contribution < 1.29 is 22.7 Å². The Bertz CT molecular complexity index is 897. The molecule has 0 spiro atoms. The van der Waals surface area contributed by atoms with Crippen molar-refractivity contribution in [1.29, 1.82) is 0 Å². The van der Waals surface area contributed by atoms with Crippen LogP contribution in [0.3, 0.4) is 0 Å². The minimum Gasteiger partial charge on any atom is -0.463 e. The molecule has 0 radical (unpaired) electrons. The Balaban J connectivity index is 2.29. The molecule has 26 heavy (non-hydrogen) atoms. The molecule has 1 unspecified atom stereocenters. The summed E-state index contributed by atoms with van der Waals surface area (Å²) in [4.78, 5) is 12.4. The van der Waals surface area contributed by atoms with Crippen molar-refractivity contribution >= 4 is 35.1 Å². The van der Waals surface area contributed by atoms with Gasteiger partial charge in [-0.3, -0.25) is 0 Å². The van der Waals surface area contributed by atoms with Gasteiger partial charge in [0.1, 0.15) is 11.7 Å². The number of tetrazole rings is 1. The van der Waals surface area contributed by atoms with Gasteiger partial charge in [-0.25, -0.2) is 4.79 Å². The van der Waals surface area contributed by atoms with E-state index in [0.29, 0.717) is 0 Å². The van der Waals surface area contributed by atoms with Crippen LogP contribution in [-0.2, 0) is 9.53 Å². The molecule has 3 rings (SSSR count). The van der Waals surface area contributed by atoms with Gasteiger partial charge in [-0.05, 0) is 29.5 Å². The maximum Gasteiger partial charge on any atom is 0.431 e. The van der Waals surface area contributed by atoms with Crippen molar-refractivity contribution in [1.82, 2.24) is 20.2 Å². The van der Waals surface area contributed by atoms with Crippen LogP contribution < -0.4 is 5.32 Å². The fourth-order valence-electron chi connectivity index (χ4n) is 2.54. The number of fused-ring (bicyclic) bond motifs is 1. The van der Waals surface area contributed by atoms with Crippen LogP contribution in [0.4, 0.5) is 19.1 Å². The summed E-state index contributed by atoms with van der Waals surface area (Å²) in [5.74, 6) is -1.45. The maximum absolute atomic E-state index is 13.6. The van der Waals surface area contributed by atoms with Crippen molar-refractivity contribution in [3.63, 3.8) is 0 Å². The predicted octanol–water partition coefficient (Wildman–Crippen LogP) is 3.37. The predicted molar refractivity (Wildman–Crippen MR) is 85.8 cm³/mol. The van der Waals surface area contributed by atoms with E-state index < -0.39 is 29.5 Å². The third kappa shape index (κ3) is 3.21. The number of allylic oxidation sites excluding steroid dienone is 1. The van der Waals surface area contributed by atoms with Crippen LogP contribution in [0.15, 0.2) is 29.5 Å². The van der Waals surface area contributed by atoms with Gasteiger partial charge in [0, 0.05) is 15.6 Å². The fourth-order valence-corrected chi connectivity index (χ4v) is 3.06. The van der Waals surface area contributed by atoms with E-state index in [9.17, 15) is 18.0 Å². The molecule has 12 heteroatoms. The first-order valence-electron chi connectivity index (χ1n) is 7.22. The van der Waals surface area contributed by atoms with Crippen molar-refractivity contribution in [2.75, 3.05) is 11.9 Å². The Morgan fingerprint density at radius 3 is 2.73 bits per heavy atom. The largest absolute Gasteiger partial charge is 0.463 e. The summed E-state index contributed by atoms with van der Waals surface area (Å²) < 4.78 is 46.6. The number of anilines is 1. The number of hydrogen-bond acceptors (Lipinski definition) is 6. The minimum absolute atomic E-state index is 0.0502. The number of nitrogens with zero attached hydrogens (tertiary/aromatic N) is 4. The van der Waals surface area contributed by atoms with E-state index in [0.717, 1.165) is 4.68 Å². The van der Waals surface area contributed by atoms with Crippen molar-refractivity contribution in [2.45, 2.75) is 19.1 Å². The molecule has 1 aliphatic heterocycles. The summed E-state index contributed by atoms with van der Waals surface area (Å²) in [5.41, 5.74) is -1.85. The van der Waals surface area contributed by atoms with E-state index in [2.05, 4.69) is 15.5 Å². The number of aromatic nitrogens is 4. The summed E-state index contributed by atoms with van der Waals surface area (Å²) in [7, 11) is 0. The summed E-state index contributed by atoms with van der Waals surface area (Å²) in [6, 6.07) is 2.84. The molecular weight excluding hydrogens is 398 g/mol. The van der Waals surface area contributed by atoms with Gasteiger partial charge >= 0.3 is 12.1 Å². The molecule has 1 atom stereocenters. The van der Waals surface area contributed by atoms with Crippen LogP contribution in [0, 0.1) is 0 Å². The van der Waals surface area contributed by atoms with Crippen molar-refractivity contribution in [3.8, 4) is 0 Å². The molecule has 0 fully saturated rings. The molecule has 0 aliphatic carbocycles. The van der Waals surface area contributed by atoms with E-state index in [1.807, 2.05) is 5.32 Å². The summed E-state index contributed by atoms with van der Waals surface area (Å²) >= 11 is 12.0.